The van der Waals surface area contributed by atoms with E-state index in [1.807, 2.05) is 12.1 Å². The fourth-order valence-corrected chi connectivity index (χ4v) is 4.01. The van der Waals surface area contributed by atoms with Crippen molar-refractivity contribution in [2.45, 2.75) is 11.3 Å². The quantitative estimate of drug-likeness (QED) is 0.317. The van der Waals surface area contributed by atoms with E-state index < -0.39 is 16.0 Å². The molecule has 0 aliphatic heterocycles. The number of aryl methyl sites for hydroxylation is 1. The number of ether oxygens (including phenoxy) is 1. The maximum Gasteiger partial charge on any atom is 0.343 e. The average molecular weight is 460 g/mol. The van der Waals surface area contributed by atoms with Crippen LogP contribution in [-0.4, -0.2) is 19.7 Å². The third-order valence-corrected chi connectivity index (χ3v) is 5.74. The summed E-state index contributed by atoms with van der Waals surface area (Å²) >= 11 is 3.38. The van der Waals surface area contributed by atoms with Crippen molar-refractivity contribution in [3.8, 4) is 5.75 Å². The Morgan fingerprint density at radius 3 is 2.14 bits per heavy atom. The summed E-state index contributed by atoms with van der Waals surface area (Å²) < 4.78 is 32.7. The van der Waals surface area contributed by atoms with E-state index in [1.165, 1.54) is 24.3 Å². The van der Waals surface area contributed by atoms with E-state index in [-0.39, 0.29) is 10.6 Å². The zero-order chi connectivity index (χ0) is 20.0. The molecule has 0 spiro atoms. The summed E-state index contributed by atoms with van der Waals surface area (Å²) in [7, 11) is -3.72. The maximum absolute atomic E-state index is 12.4. The number of rotatable bonds is 7. The highest BCUT2D eigenvalue weighted by Gasteiger charge is 2.15. The molecule has 0 aliphatic carbocycles. The van der Waals surface area contributed by atoms with Crippen molar-refractivity contribution in [1.82, 2.24) is 0 Å². The van der Waals surface area contributed by atoms with Crippen molar-refractivity contribution in [2.24, 2.45) is 0 Å². The van der Waals surface area contributed by atoms with Crippen molar-refractivity contribution in [3.05, 3.63) is 90.0 Å². The molecule has 28 heavy (non-hydrogen) atoms. The highest BCUT2D eigenvalue weighted by Crippen LogP contribution is 2.20. The van der Waals surface area contributed by atoms with Crippen molar-refractivity contribution < 1.29 is 17.9 Å². The van der Waals surface area contributed by atoms with Gasteiger partial charge >= 0.3 is 5.97 Å². The predicted octanol–water partition coefficient (Wildman–Crippen LogP) is 4.64. The van der Waals surface area contributed by atoms with E-state index in [0.29, 0.717) is 11.3 Å². The topological polar surface area (TPSA) is 72.5 Å². The number of nitrogens with one attached hydrogen (secondary N) is 1. The highest BCUT2D eigenvalue weighted by molar-refractivity contribution is 9.09. The molecule has 0 saturated carbocycles. The summed E-state index contributed by atoms with van der Waals surface area (Å²) in [6.45, 7) is 0. The summed E-state index contributed by atoms with van der Waals surface area (Å²) in [6.07, 6.45) is 0.877. The minimum Gasteiger partial charge on any atom is -0.423 e. The lowest BCUT2D eigenvalue weighted by Crippen LogP contribution is -2.13. The zero-order valence-electron chi connectivity index (χ0n) is 14.8. The number of alkyl halides is 1. The van der Waals surface area contributed by atoms with Crippen LogP contribution in [0.1, 0.15) is 15.9 Å². The van der Waals surface area contributed by atoms with Gasteiger partial charge in [-0.25, -0.2) is 13.2 Å². The first-order valence-corrected chi connectivity index (χ1v) is 11.1. The van der Waals surface area contributed by atoms with E-state index in [9.17, 15) is 13.2 Å². The number of carbonyl (C=O) groups excluding carboxylic acids is 1. The Kier molecular flexibility index (Phi) is 6.49. The van der Waals surface area contributed by atoms with E-state index >= 15 is 0 Å². The number of benzene rings is 3. The number of hydrogen-bond donors (Lipinski definition) is 1. The van der Waals surface area contributed by atoms with Gasteiger partial charge in [-0.05, 0) is 60.5 Å². The lowest BCUT2D eigenvalue weighted by atomic mass is 10.1. The lowest BCUT2D eigenvalue weighted by molar-refractivity contribution is 0.0734. The van der Waals surface area contributed by atoms with Gasteiger partial charge in [0.15, 0.2) is 0 Å². The monoisotopic (exact) mass is 459 g/mol. The Labute approximate surface area is 172 Å². The van der Waals surface area contributed by atoms with Crippen LogP contribution < -0.4 is 9.46 Å². The van der Waals surface area contributed by atoms with Crippen LogP contribution in [0.5, 0.6) is 5.75 Å². The van der Waals surface area contributed by atoms with Crippen molar-refractivity contribution in [3.63, 3.8) is 0 Å². The number of sulfonamides is 1. The Morgan fingerprint density at radius 1 is 0.893 bits per heavy atom. The van der Waals surface area contributed by atoms with Crippen LogP contribution in [0.15, 0.2) is 83.8 Å². The number of halogens is 1. The molecule has 0 radical (unpaired) electrons. The first kappa shape index (κ1) is 20.1. The number of carbonyl (C=O) groups is 1. The molecule has 3 rings (SSSR count). The number of esters is 1. The van der Waals surface area contributed by atoms with Crippen LogP contribution in [0.3, 0.4) is 0 Å². The van der Waals surface area contributed by atoms with Crippen LogP contribution in [0.2, 0.25) is 0 Å². The van der Waals surface area contributed by atoms with Gasteiger partial charge in [0.2, 0.25) is 0 Å². The van der Waals surface area contributed by atoms with Gasteiger partial charge in [0.25, 0.3) is 10.0 Å². The van der Waals surface area contributed by atoms with Gasteiger partial charge in [0.1, 0.15) is 5.75 Å². The maximum atomic E-state index is 12.4. The Morgan fingerprint density at radius 2 is 1.54 bits per heavy atom. The predicted molar refractivity (Wildman–Crippen MR) is 113 cm³/mol. The van der Waals surface area contributed by atoms with Crippen molar-refractivity contribution >= 4 is 37.6 Å². The molecule has 0 aliphatic rings. The lowest BCUT2D eigenvalue weighted by Gasteiger charge is -2.09. The van der Waals surface area contributed by atoms with E-state index in [1.54, 1.807) is 42.5 Å². The molecule has 5 nitrogen and oxygen atoms in total. The largest absolute Gasteiger partial charge is 0.423 e. The standard InChI is InChI=1S/C21H18BrNO4S/c22-15-14-16-6-8-17(9-7-16)21(24)27-19-10-12-20(13-11-19)28(25,26)23-18-4-2-1-3-5-18/h1-13,23H,14-15H2. The van der Waals surface area contributed by atoms with Crippen molar-refractivity contribution in [2.75, 3.05) is 10.1 Å². The Balaban J connectivity index is 1.67. The first-order chi connectivity index (χ1) is 13.5. The molecule has 0 atom stereocenters. The zero-order valence-corrected chi connectivity index (χ0v) is 17.2. The highest BCUT2D eigenvalue weighted by atomic mass is 79.9. The molecule has 0 bridgehead atoms. The van der Waals surface area contributed by atoms with Gasteiger partial charge in [-0.2, -0.15) is 0 Å². The SMILES string of the molecule is O=C(Oc1ccc(S(=O)(=O)Nc2ccccc2)cc1)c1ccc(CCBr)cc1. The van der Waals surface area contributed by atoms with E-state index in [2.05, 4.69) is 20.7 Å². The second kappa shape index (κ2) is 9.03. The van der Waals surface area contributed by atoms with Gasteiger partial charge < -0.3 is 4.74 Å². The van der Waals surface area contributed by atoms with Gasteiger partial charge in [-0.3, -0.25) is 4.72 Å². The fraction of sp³-hybridized carbons (Fsp3) is 0.0952. The minimum absolute atomic E-state index is 0.0790. The third-order valence-electron chi connectivity index (χ3n) is 3.94. The van der Waals surface area contributed by atoms with Gasteiger partial charge in [-0.15, -0.1) is 0 Å². The molecule has 3 aromatic carbocycles. The normalized spacial score (nSPS) is 11.0. The summed E-state index contributed by atoms with van der Waals surface area (Å²) in [6, 6.07) is 21.5. The average Bonchev–Trinajstić information content (AvgIpc) is 2.69. The molecule has 0 amide bonds. The third kappa shape index (κ3) is 5.21. The van der Waals surface area contributed by atoms with Gasteiger partial charge in [-0.1, -0.05) is 46.3 Å². The summed E-state index contributed by atoms with van der Waals surface area (Å²) in [5, 5.41) is 0.852. The minimum atomic E-state index is -3.72. The van der Waals surface area contributed by atoms with E-state index in [4.69, 9.17) is 4.74 Å². The number of hydrogen-bond acceptors (Lipinski definition) is 4. The molecule has 0 fully saturated rings. The van der Waals surface area contributed by atoms with E-state index in [0.717, 1.165) is 17.3 Å². The van der Waals surface area contributed by atoms with Crippen LogP contribution >= 0.6 is 15.9 Å². The molecule has 144 valence electrons. The summed E-state index contributed by atoms with van der Waals surface area (Å²) in [5.74, 6) is -0.225. The smallest absolute Gasteiger partial charge is 0.343 e. The molecule has 7 heteroatoms. The summed E-state index contributed by atoms with van der Waals surface area (Å²) in [4.78, 5) is 12.3. The van der Waals surface area contributed by atoms with Crippen LogP contribution in [0.25, 0.3) is 0 Å². The second-order valence-corrected chi connectivity index (χ2v) is 8.44. The first-order valence-electron chi connectivity index (χ1n) is 8.53. The Bertz CT molecular complexity index is 1030. The van der Waals surface area contributed by atoms with Gasteiger partial charge in [0.05, 0.1) is 10.5 Å². The molecule has 0 saturated heterocycles. The molecule has 1 N–H and O–H groups in total. The second-order valence-electron chi connectivity index (χ2n) is 5.97. The van der Waals surface area contributed by atoms with Crippen LogP contribution in [0.4, 0.5) is 5.69 Å². The number of anilines is 1. The molecule has 0 heterocycles. The fourth-order valence-electron chi connectivity index (χ4n) is 2.49. The summed E-state index contributed by atoms with van der Waals surface area (Å²) in [5.41, 5.74) is 2.02. The molecule has 0 unspecified atom stereocenters. The van der Waals surface area contributed by atoms with Crippen LogP contribution in [-0.2, 0) is 16.4 Å². The Hall–Kier alpha value is -2.64. The molecule has 0 aromatic heterocycles. The van der Waals surface area contributed by atoms with Crippen LogP contribution in [0, 0.1) is 0 Å². The van der Waals surface area contributed by atoms with Crippen molar-refractivity contribution in [1.29, 1.82) is 0 Å². The van der Waals surface area contributed by atoms with Gasteiger partial charge in [0, 0.05) is 11.0 Å². The molecular formula is C21H18BrNO4S. The molecular weight excluding hydrogens is 442 g/mol. The number of para-hydroxylation sites is 1. The molecule has 3 aromatic rings.